The number of cyclic esters (lactones) is 1. The van der Waals surface area contributed by atoms with E-state index in [0.717, 1.165) is 23.0 Å². The number of nitrogens with zero attached hydrogens (tertiary/aromatic N) is 5. The second-order valence-corrected chi connectivity index (χ2v) is 14.0. The van der Waals surface area contributed by atoms with Crippen molar-refractivity contribution in [3.05, 3.63) is 84.5 Å². The molecule has 0 radical (unpaired) electrons. The number of fused-ring (bicyclic) bond motifs is 3. The number of thioether (sulfide) groups is 1. The number of carbonyl (C=O) groups excluding carboxylic acids is 3. The van der Waals surface area contributed by atoms with Crippen molar-refractivity contribution < 1.29 is 24.2 Å². The highest BCUT2D eigenvalue weighted by atomic mass is 32.2. The van der Waals surface area contributed by atoms with Crippen LogP contribution in [0.15, 0.2) is 78.9 Å². The number of benzene rings is 2. The van der Waals surface area contributed by atoms with Crippen LogP contribution in [0.1, 0.15) is 25.3 Å². The molecule has 2 saturated heterocycles. The summed E-state index contributed by atoms with van der Waals surface area (Å²) < 4.78 is 5.61. The largest absolute Gasteiger partial charge is 0.465 e. The lowest BCUT2D eigenvalue weighted by Gasteiger charge is -2.39. The third-order valence-electron chi connectivity index (χ3n) is 9.41. The van der Waals surface area contributed by atoms with Crippen LogP contribution < -0.4 is 0 Å². The number of hydrogen-bond donors (Lipinski definition) is 1. The number of esters is 1. The normalized spacial score (nSPS) is 31.4. The Kier molecular flexibility index (Phi) is 7.32. The Hall–Kier alpha value is -3.96. The first kappa shape index (κ1) is 28.8. The third-order valence-corrected chi connectivity index (χ3v) is 11.2. The lowest BCUT2D eigenvalue weighted by Crippen LogP contribution is -2.57. The number of rotatable bonds is 6. The van der Waals surface area contributed by atoms with Crippen molar-refractivity contribution in [3.8, 4) is 0 Å². The van der Waals surface area contributed by atoms with Crippen molar-refractivity contribution in [1.82, 2.24) is 24.8 Å². The van der Waals surface area contributed by atoms with Gasteiger partial charge in [-0.2, -0.15) is 0 Å². The van der Waals surface area contributed by atoms with E-state index in [2.05, 4.69) is 16.4 Å². The monoisotopic (exact) mass is 613 g/mol. The second-order valence-electron chi connectivity index (χ2n) is 12.2. The predicted octanol–water partition coefficient (Wildman–Crippen LogP) is 2.97. The highest BCUT2D eigenvalue weighted by Crippen LogP contribution is 2.65. The summed E-state index contributed by atoms with van der Waals surface area (Å²) in [6, 6.07) is 15.6. The number of allylic oxidation sites excluding steroid dienone is 1. The van der Waals surface area contributed by atoms with Crippen LogP contribution in [0.5, 0.6) is 0 Å². The summed E-state index contributed by atoms with van der Waals surface area (Å²) in [5.41, 5.74) is 2.46. The summed E-state index contributed by atoms with van der Waals surface area (Å²) in [5.74, 6) is -2.60. The van der Waals surface area contributed by atoms with Gasteiger partial charge in [0.15, 0.2) is 0 Å². The van der Waals surface area contributed by atoms with Crippen LogP contribution in [0.3, 0.4) is 0 Å². The van der Waals surface area contributed by atoms with Gasteiger partial charge in [-0.1, -0.05) is 72.0 Å². The maximum Gasteiger partial charge on any atom is 0.311 e. The van der Waals surface area contributed by atoms with Crippen molar-refractivity contribution in [2.75, 3.05) is 19.8 Å². The molecule has 1 aromatic heterocycles. The summed E-state index contributed by atoms with van der Waals surface area (Å²) >= 11 is 1.50. The van der Waals surface area contributed by atoms with Gasteiger partial charge in [0, 0.05) is 11.3 Å². The molecule has 6 atom stereocenters. The zero-order valence-corrected chi connectivity index (χ0v) is 25.3. The van der Waals surface area contributed by atoms with E-state index in [0.29, 0.717) is 19.4 Å². The molecule has 0 bridgehead atoms. The highest BCUT2D eigenvalue weighted by molar-refractivity contribution is 8.02. The van der Waals surface area contributed by atoms with E-state index in [9.17, 15) is 19.5 Å². The van der Waals surface area contributed by atoms with Crippen molar-refractivity contribution in [2.24, 2.45) is 11.8 Å². The van der Waals surface area contributed by atoms with Crippen molar-refractivity contribution >= 4 is 40.6 Å². The topological polar surface area (TPSA) is 118 Å². The summed E-state index contributed by atoms with van der Waals surface area (Å²) in [6.07, 6.45) is 9.84. The molecule has 10 nitrogen and oxygen atoms in total. The number of aliphatic hydroxyl groups excluding tert-OH is 1. The molecule has 2 amide bonds. The Morgan fingerprint density at radius 1 is 1.02 bits per heavy atom. The maximum absolute atomic E-state index is 14.8. The fraction of sp³-hybridized carbons (Fsp3) is 0.424. The van der Waals surface area contributed by atoms with Crippen LogP contribution in [-0.4, -0.2) is 89.0 Å². The standard InChI is InChI=1S/C33H35N5O5S/c1-32-15-8-3-9-18-43-31(42)27(32)26-29(40)38(23(20-39)19-22-11-4-2-5-12-22)28-30(41)36(17-10-16-33(26,28)44-32)21-37-25-14-7-6-13-24(25)34-35-37/h2,4-8,10-16,23,26-28,39H,3,9,17-21H2,1H3/b15-8-/t23-,26+,27-,28?,32+,33+/m1/s1. The van der Waals surface area contributed by atoms with Gasteiger partial charge in [0.05, 0.1) is 41.4 Å². The molecule has 4 aliphatic heterocycles. The molecule has 4 aliphatic rings. The van der Waals surface area contributed by atoms with E-state index < -0.39 is 39.4 Å². The minimum atomic E-state index is -1.04. The van der Waals surface area contributed by atoms with Crippen LogP contribution in [0.4, 0.5) is 0 Å². The molecule has 11 heteroatoms. The van der Waals surface area contributed by atoms with Crippen LogP contribution >= 0.6 is 11.8 Å². The summed E-state index contributed by atoms with van der Waals surface area (Å²) in [5, 5.41) is 19.3. The molecule has 5 heterocycles. The van der Waals surface area contributed by atoms with E-state index in [1.54, 1.807) is 14.5 Å². The first-order valence-electron chi connectivity index (χ1n) is 15.1. The van der Waals surface area contributed by atoms with Gasteiger partial charge >= 0.3 is 5.97 Å². The number of ether oxygens (including phenoxy) is 1. The van der Waals surface area contributed by atoms with Gasteiger partial charge in [0.1, 0.15) is 18.2 Å². The fourth-order valence-electron chi connectivity index (χ4n) is 7.46. The van der Waals surface area contributed by atoms with Gasteiger partial charge in [-0.25, -0.2) is 4.68 Å². The zero-order chi connectivity index (χ0) is 30.5. The number of aromatic nitrogens is 3. The van der Waals surface area contributed by atoms with E-state index in [-0.39, 0.29) is 31.7 Å². The number of para-hydroxylation sites is 1. The Morgan fingerprint density at radius 2 is 1.82 bits per heavy atom. The van der Waals surface area contributed by atoms with Crippen LogP contribution in [0, 0.1) is 11.8 Å². The smallest absolute Gasteiger partial charge is 0.311 e. The molecule has 2 fully saturated rings. The number of amides is 2. The third kappa shape index (κ3) is 4.56. The van der Waals surface area contributed by atoms with E-state index >= 15 is 0 Å². The van der Waals surface area contributed by atoms with Crippen molar-refractivity contribution in [1.29, 1.82) is 0 Å². The molecule has 1 spiro atoms. The number of aliphatic hydroxyl groups is 1. The fourth-order valence-corrected chi connectivity index (χ4v) is 9.60. The second kappa shape index (κ2) is 11.2. The number of likely N-dealkylation sites (tertiary alicyclic amines) is 1. The maximum atomic E-state index is 14.8. The average molecular weight is 614 g/mol. The molecule has 44 heavy (non-hydrogen) atoms. The van der Waals surface area contributed by atoms with Crippen LogP contribution in [0.25, 0.3) is 11.0 Å². The highest BCUT2D eigenvalue weighted by Gasteiger charge is 2.74. The Balaban J connectivity index is 1.33. The Labute approximate surface area is 259 Å². The van der Waals surface area contributed by atoms with Crippen LogP contribution in [-0.2, 0) is 32.2 Å². The van der Waals surface area contributed by atoms with E-state index in [1.165, 1.54) is 11.8 Å². The molecule has 3 aromatic rings. The average Bonchev–Trinajstić information content (AvgIpc) is 3.60. The molecule has 1 unspecified atom stereocenters. The minimum absolute atomic E-state index is 0.138. The van der Waals surface area contributed by atoms with Gasteiger partial charge in [0.2, 0.25) is 11.8 Å². The van der Waals surface area contributed by atoms with E-state index in [4.69, 9.17) is 4.74 Å². The van der Waals surface area contributed by atoms with Gasteiger partial charge in [-0.15, -0.1) is 16.9 Å². The number of carbonyl (C=O) groups is 3. The predicted molar refractivity (Wildman–Crippen MR) is 165 cm³/mol. The van der Waals surface area contributed by atoms with Crippen molar-refractivity contribution in [2.45, 2.75) is 54.4 Å². The summed E-state index contributed by atoms with van der Waals surface area (Å²) in [4.78, 5) is 46.6. The minimum Gasteiger partial charge on any atom is -0.465 e. The zero-order valence-electron chi connectivity index (χ0n) is 24.5. The molecule has 0 aliphatic carbocycles. The number of hydrogen-bond acceptors (Lipinski definition) is 8. The molecule has 7 rings (SSSR count). The quantitative estimate of drug-likeness (QED) is 0.333. The van der Waals surface area contributed by atoms with Gasteiger partial charge < -0.3 is 19.6 Å². The summed E-state index contributed by atoms with van der Waals surface area (Å²) in [6.45, 7) is 2.36. The molecule has 2 aromatic carbocycles. The Bertz CT molecular complexity index is 1660. The van der Waals surface area contributed by atoms with E-state index in [1.807, 2.05) is 79.7 Å². The first-order valence-corrected chi connectivity index (χ1v) is 15.9. The molecule has 1 N–H and O–H groups in total. The molecular weight excluding hydrogens is 578 g/mol. The first-order chi connectivity index (χ1) is 21.4. The SMILES string of the molecule is C[C@]12/C=C\CCCOC(=O)[C@H]1[C@H]1C(=O)N([C@@H](CO)Cc3ccccc3)C3C(=O)N(Cn4nnc5ccccc54)CC=C[C@@]31S2. The molecule has 0 saturated carbocycles. The Morgan fingerprint density at radius 3 is 2.64 bits per heavy atom. The van der Waals surface area contributed by atoms with Gasteiger partial charge in [0.25, 0.3) is 0 Å². The lowest BCUT2D eigenvalue weighted by molar-refractivity contribution is -0.154. The van der Waals surface area contributed by atoms with Gasteiger partial charge in [-0.3, -0.25) is 14.4 Å². The lowest BCUT2D eigenvalue weighted by atomic mass is 9.74. The van der Waals surface area contributed by atoms with Gasteiger partial charge in [-0.05, 0) is 43.9 Å². The van der Waals surface area contributed by atoms with Crippen LogP contribution in [0.2, 0.25) is 0 Å². The molecule has 228 valence electrons. The van der Waals surface area contributed by atoms with Crippen molar-refractivity contribution in [3.63, 3.8) is 0 Å². The summed E-state index contributed by atoms with van der Waals surface area (Å²) in [7, 11) is 0. The molecular formula is C33H35N5O5S.